The zero-order valence-corrected chi connectivity index (χ0v) is 12.3. The molecule has 0 unspecified atom stereocenters. The van der Waals surface area contributed by atoms with Crippen LogP contribution in [-0.2, 0) is 5.41 Å². The van der Waals surface area contributed by atoms with E-state index in [0.717, 1.165) is 18.7 Å². The SMILES string of the molecule is CCCC1(c2noc(-c3cn(C(C)C)nn3)n2)CCC1. The molecule has 1 fully saturated rings. The average Bonchev–Trinajstić information content (AvgIpc) is 3.01. The molecule has 0 aliphatic heterocycles. The van der Waals surface area contributed by atoms with Crippen molar-refractivity contribution in [3.05, 3.63) is 12.0 Å². The normalized spacial score (nSPS) is 17.4. The summed E-state index contributed by atoms with van der Waals surface area (Å²) in [5.41, 5.74) is 0.799. The predicted octanol–water partition coefficient (Wildman–Crippen LogP) is 3.13. The molecule has 0 N–H and O–H groups in total. The molecule has 0 saturated heterocycles. The molecule has 0 spiro atoms. The molecule has 108 valence electrons. The third kappa shape index (κ3) is 2.13. The van der Waals surface area contributed by atoms with Crippen molar-refractivity contribution in [1.82, 2.24) is 25.1 Å². The standard InChI is InChI=1S/C14H21N5O/c1-4-6-14(7-5-8-14)13-15-12(20-17-13)11-9-19(10(2)3)18-16-11/h9-10H,4-8H2,1-3H3. The molecule has 0 radical (unpaired) electrons. The van der Waals surface area contributed by atoms with Crippen LogP contribution in [0.4, 0.5) is 0 Å². The van der Waals surface area contributed by atoms with Crippen molar-refractivity contribution in [3.8, 4) is 11.6 Å². The minimum Gasteiger partial charge on any atom is -0.332 e. The fourth-order valence-corrected chi connectivity index (χ4v) is 2.84. The summed E-state index contributed by atoms with van der Waals surface area (Å²) in [5.74, 6) is 1.33. The van der Waals surface area contributed by atoms with Gasteiger partial charge in [-0.25, -0.2) is 4.68 Å². The first-order chi connectivity index (χ1) is 9.64. The Morgan fingerprint density at radius 3 is 2.75 bits per heavy atom. The van der Waals surface area contributed by atoms with Crippen LogP contribution >= 0.6 is 0 Å². The Bertz CT molecular complexity index is 582. The average molecular weight is 275 g/mol. The second-order valence-electron chi connectivity index (χ2n) is 5.98. The maximum Gasteiger partial charge on any atom is 0.280 e. The highest BCUT2D eigenvalue weighted by Gasteiger charge is 2.42. The maximum atomic E-state index is 5.40. The number of rotatable bonds is 5. The van der Waals surface area contributed by atoms with E-state index in [1.54, 1.807) is 4.68 Å². The zero-order chi connectivity index (χ0) is 14.2. The summed E-state index contributed by atoms with van der Waals surface area (Å²) in [7, 11) is 0. The lowest BCUT2D eigenvalue weighted by Gasteiger charge is -2.38. The monoisotopic (exact) mass is 275 g/mol. The lowest BCUT2D eigenvalue weighted by molar-refractivity contribution is 0.203. The third-order valence-corrected chi connectivity index (χ3v) is 4.20. The molecule has 6 heteroatoms. The molecule has 2 aromatic rings. The van der Waals surface area contributed by atoms with Crippen LogP contribution < -0.4 is 0 Å². The third-order valence-electron chi connectivity index (χ3n) is 4.20. The van der Waals surface area contributed by atoms with E-state index < -0.39 is 0 Å². The number of hydrogen-bond acceptors (Lipinski definition) is 5. The Morgan fingerprint density at radius 1 is 1.40 bits per heavy atom. The van der Waals surface area contributed by atoms with Crippen LogP contribution in [0.5, 0.6) is 0 Å². The van der Waals surface area contributed by atoms with Crippen molar-refractivity contribution in [1.29, 1.82) is 0 Å². The van der Waals surface area contributed by atoms with E-state index in [-0.39, 0.29) is 11.5 Å². The number of hydrogen-bond donors (Lipinski definition) is 0. The van der Waals surface area contributed by atoms with Crippen LogP contribution in [0, 0.1) is 0 Å². The molecule has 2 aromatic heterocycles. The lowest BCUT2D eigenvalue weighted by atomic mass is 9.65. The fraction of sp³-hybridized carbons (Fsp3) is 0.714. The molecule has 1 aliphatic carbocycles. The van der Waals surface area contributed by atoms with Crippen molar-refractivity contribution < 1.29 is 4.52 Å². The Balaban J connectivity index is 1.85. The van der Waals surface area contributed by atoms with Crippen LogP contribution in [0.3, 0.4) is 0 Å². The van der Waals surface area contributed by atoms with Crippen LogP contribution in [0.25, 0.3) is 11.6 Å². The molecular weight excluding hydrogens is 254 g/mol. The highest BCUT2D eigenvalue weighted by atomic mass is 16.5. The minimum atomic E-state index is 0.143. The number of aromatic nitrogens is 5. The van der Waals surface area contributed by atoms with Gasteiger partial charge in [-0.3, -0.25) is 0 Å². The lowest BCUT2D eigenvalue weighted by Crippen LogP contribution is -2.35. The van der Waals surface area contributed by atoms with Gasteiger partial charge in [0.05, 0.1) is 6.20 Å². The van der Waals surface area contributed by atoms with Gasteiger partial charge in [0.15, 0.2) is 11.5 Å². The van der Waals surface area contributed by atoms with Crippen molar-refractivity contribution in [2.45, 2.75) is 64.3 Å². The molecule has 0 aromatic carbocycles. The molecule has 3 rings (SSSR count). The van der Waals surface area contributed by atoms with Gasteiger partial charge in [0, 0.05) is 11.5 Å². The van der Waals surface area contributed by atoms with Gasteiger partial charge in [0.1, 0.15) is 0 Å². The van der Waals surface area contributed by atoms with Gasteiger partial charge >= 0.3 is 0 Å². The molecule has 0 amide bonds. The second-order valence-corrected chi connectivity index (χ2v) is 5.98. The highest BCUT2D eigenvalue weighted by Crippen LogP contribution is 2.46. The molecule has 0 bridgehead atoms. The first kappa shape index (κ1) is 13.3. The quantitative estimate of drug-likeness (QED) is 0.838. The van der Waals surface area contributed by atoms with E-state index in [1.807, 2.05) is 6.20 Å². The summed E-state index contributed by atoms with van der Waals surface area (Å²) in [5, 5.41) is 12.4. The van der Waals surface area contributed by atoms with Crippen molar-refractivity contribution in [2.75, 3.05) is 0 Å². The van der Waals surface area contributed by atoms with Gasteiger partial charge in [0.2, 0.25) is 0 Å². The molecule has 20 heavy (non-hydrogen) atoms. The van der Waals surface area contributed by atoms with E-state index in [1.165, 1.54) is 19.3 Å². The van der Waals surface area contributed by atoms with Gasteiger partial charge in [-0.2, -0.15) is 4.98 Å². The van der Waals surface area contributed by atoms with Gasteiger partial charge in [0.25, 0.3) is 5.89 Å². The Labute approximate surface area is 118 Å². The summed E-state index contributed by atoms with van der Waals surface area (Å²) in [6.07, 6.45) is 7.72. The summed E-state index contributed by atoms with van der Waals surface area (Å²) >= 11 is 0. The van der Waals surface area contributed by atoms with E-state index in [4.69, 9.17) is 4.52 Å². The highest BCUT2D eigenvalue weighted by molar-refractivity contribution is 5.43. The maximum absolute atomic E-state index is 5.40. The Morgan fingerprint density at radius 2 is 2.20 bits per heavy atom. The van der Waals surface area contributed by atoms with Crippen LogP contribution in [0.2, 0.25) is 0 Å². The summed E-state index contributed by atoms with van der Waals surface area (Å²) < 4.78 is 7.19. The predicted molar refractivity (Wildman–Crippen MR) is 74.1 cm³/mol. The number of nitrogens with zero attached hydrogens (tertiary/aromatic N) is 5. The first-order valence-electron chi connectivity index (χ1n) is 7.41. The summed E-state index contributed by atoms with van der Waals surface area (Å²) in [4.78, 5) is 4.57. The van der Waals surface area contributed by atoms with E-state index >= 15 is 0 Å². The van der Waals surface area contributed by atoms with E-state index in [0.29, 0.717) is 11.6 Å². The summed E-state index contributed by atoms with van der Waals surface area (Å²) in [6.45, 7) is 6.32. The van der Waals surface area contributed by atoms with Crippen LogP contribution in [0.15, 0.2) is 10.7 Å². The molecule has 1 aliphatic rings. The van der Waals surface area contributed by atoms with Gasteiger partial charge in [-0.05, 0) is 33.1 Å². The van der Waals surface area contributed by atoms with Crippen molar-refractivity contribution >= 4 is 0 Å². The van der Waals surface area contributed by atoms with E-state index in [9.17, 15) is 0 Å². The molecule has 2 heterocycles. The van der Waals surface area contributed by atoms with Gasteiger partial charge in [-0.15, -0.1) is 5.10 Å². The minimum absolute atomic E-state index is 0.143. The van der Waals surface area contributed by atoms with Crippen molar-refractivity contribution in [2.24, 2.45) is 0 Å². The van der Waals surface area contributed by atoms with Crippen molar-refractivity contribution in [3.63, 3.8) is 0 Å². The molecule has 6 nitrogen and oxygen atoms in total. The summed E-state index contributed by atoms with van der Waals surface area (Å²) in [6, 6.07) is 0.275. The van der Waals surface area contributed by atoms with Gasteiger partial charge < -0.3 is 4.52 Å². The van der Waals surface area contributed by atoms with Gasteiger partial charge in [-0.1, -0.05) is 30.1 Å². The smallest absolute Gasteiger partial charge is 0.280 e. The second kappa shape index (κ2) is 5.00. The van der Waals surface area contributed by atoms with Crippen LogP contribution in [-0.4, -0.2) is 25.1 Å². The zero-order valence-electron chi connectivity index (χ0n) is 12.3. The largest absolute Gasteiger partial charge is 0.332 e. The topological polar surface area (TPSA) is 69.6 Å². The first-order valence-corrected chi connectivity index (χ1v) is 7.41. The molecule has 1 saturated carbocycles. The Kier molecular flexibility index (Phi) is 3.31. The van der Waals surface area contributed by atoms with Crippen LogP contribution in [0.1, 0.15) is 64.7 Å². The molecular formula is C14H21N5O. The molecule has 0 atom stereocenters. The Hall–Kier alpha value is -1.72. The van der Waals surface area contributed by atoms with E-state index in [2.05, 4.69) is 41.2 Å². The fourth-order valence-electron chi connectivity index (χ4n) is 2.84.